The van der Waals surface area contributed by atoms with Gasteiger partial charge in [-0.1, -0.05) is 0 Å². The average Bonchev–Trinajstić information content (AvgIpc) is 2.98. The fraction of sp³-hybridized carbons (Fsp3) is 0. The summed E-state index contributed by atoms with van der Waals surface area (Å²) in [6.45, 7) is 0. The van der Waals surface area contributed by atoms with Crippen molar-refractivity contribution in [1.82, 2.24) is 4.98 Å². The molecule has 0 saturated heterocycles. The molecule has 0 atom stereocenters. The number of sulfone groups is 1. The summed E-state index contributed by atoms with van der Waals surface area (Å²) in [5.41, 5.74) is -0.153. The molecule has 0 aliphatic heterocycles. The van der Waals surface area contributed by atoms with E-state index in [1.54, 1.807) is 0 Å². The second-order valence-corrected chi connectivity index (χ2v) is 6.31. The van der Waals surface area contributed by atoms with E-state index in [1.807, 2.05) is 0 Å². The number of carbonyl (C=O) groups is 2. The Bertz CT molecular complexity index is 896. The first kappa shape index (κ1) is 16.4. The number of nitrogens with one attached hydrogen (secondary N) is 1. The van der Waals surface area contributed by atoms with Crippen molar-refractivity contribution in [3.8, 4) is 0 Å². The van der Waals surface area contributed by atoms with Gasteiger partial charge in [0.15, 0.2) is 0 Å². The van der Waals surface area contributed by atoms with Gasteiger partial charge < -0.3 is 15.2 Å². The number of H-pyrrole nitrogens is 1. The second-order valence-electron chi connectivity index (χ2n) is 4.39. The molecule has 1 aromatic heterocycles. The lowest BCUT2D eigenvalue weighted by atomic mass is 10.3. The van der Waals surface area contributed by atoms with Gasteiger partial charge in [0, 0.05) is 6.08 Å². The number of hydrogen-bond acceptors (Lipinski definition) is 5. The predicted octanol–water partition coefficient (Wildman–Crippen LogP) is 1.54. The molecular formula is C14H10FNO6S. The van der Waals surface area contributed by atoms with E-state index in [2.05, 4.69) is 4.98 Å². The van der Waals surface area contributed by atoms with E-state index in [4.69, 9.17) is 5.11 Å². The van der Waals surface area contributed by atoms with Crippen LogP contribution in [0.3, 0.4) is 0 Å². The number of rotatable bonds is 5. The topological polar surface area (TPSA) is 125 Å². The lowest BCUT2D eigenvalue weighted by Gasteiger charge is -2.02. The highest BCUT2D eigenvalue weighted by atomic mass is 32.2. The van der Waals surface area contributed by atoms with Crippen molar-refractivity contribution in [3.05, 3.63) is 54.0 Å². The lowest BCUT2D eigenvalue weighted by molar-refractivity contribution is -0.146. The largest absolute Gasteiger partial charge is 0.506 e. The van der Waals surface area contributed by atoms with E-state index in [0.717, 1.165) is 36.4 Å². The van der Waals surface area contributed by atoms with Crippen molar-refractivity contribution in [2.45, 2.75) is 9.92 Å². The smallest absolute Gasteiger partial charge is 0.376 e. The standard InChI is InChI=1S/C14H10FNO6S/c15-8-1-3-9(4-2-8)23(21,22)13-6-5-10(16-13)11(17)7-12(18)14(19)20/h1-7,16-17H,(H,19,20). The number of aromatic amines is 1. The molecule has 0 saturated carbocycles. The van der Waals surface area contributed by atoms with Crippen molar-refractivity contribution in [1.29, 1.82) is 0 Å². The van der Waals surface area contributed by atoms with Gasteiger partial charge in [-0.3, -0.25) is 4.79 Å². The number of aliphatic hydroxyl groups is 1. The summed E-state index contributed by atoms with van der Waals surface area (Å²) >= 11 is 0. The van der Waals surface area contributed by atoms with Crippen LogP contribution in [-0.2, 0) is 19.4 Å². The highest BCUT2D eigenvalue weighted by Gasteiger charge is 2.20. The molecule has 7 nitrogen and oxygen atoms in total. The second kappa shape index (κ2) is 6.05. The maximum absolute atomic E-state index is 12.9. The minimum atomic E-state index is -3.98. The predicted molar refractivity (Wildman–Crippen MR) is 75.9 cm³/mol. The normalized spacial score (nSPS) is 12.1. The van der Waals surface area contributed by atoms with Crippen LogP contribution in [0.1, 0.15) is 5.69 Å². The summed E-state index contributed by atoms with van der Waals surface area (Å²) in [7, 11) is -3.98. The van der Waals surface area contributed by atoms with Gasteiger partial charge in [0.05, 0.1) is 10.6 Å². The molecule has 2 aromatic rings. The number of hydrogen-bond donors (Lipinski definition) is 3. The van der Waals surface area contributed by atoms with Crippen LogP contribution in [-0.4, -0.2) is 35.4 Å². The van der Waals surface area contributed by atoms with Crippen LogP contribution >= 0.6 is 0 Å². The van der Waals surface area contributed by atoms with E-state index in [0.29, 0.717) is 6.08 Å². The molecule has 0 fully saturated rings. The van der Waals surface area contributed by atoms with E-state index >= 15 is 0 Å². The van der Waals surface area contributed by atoms with E-state index in [9.17, 15) is 27.5 Å². The fourth-order valence-corrected chi connectivity index (χ4v) is 2.93. The number of aromatic nitrogens is 1. The molecule has 3 N–H and O–H groups in total. The maximum atomic E-state index is 12.9. The summed E-state index contributed by atoms with van der Waals surface area (Å²) in [6.07, 6.45) is 0.447. The van der Waals surface area contributed by atoms with Crippen LogP contribution in [0, 0.1) is 5.82 Å². The third-order valence-electron chi connectivity index (χ3n) is 2.83. The first-order chi connectivity index (χ1) is 10.7. The Morgan fingerprint density at radius 1 is 1.04 bits per heavy atom. The molecule has 1 heterocycles. The monoisotopic (exact) mass is 339 g/mol. The van der Waals surface area contributed by atoms with Gasteiger partial charge in [-0.25, -0.2) is 17.6 Å². The maximum Gasteiger partial charge on any atom is 0.376 e. The molecule has 0 radical (unpaired) electrons. The van der Waals surface area contributed by atoms with Gasteiger partial charge >= 0.3 is 5.97 Å². The number of carboxylic acids is 1. The third-order valence-corrected chi connectivity index (χ3v) is 4.54. The van der Waals surface area contributed by atoms with E-state index in [1.165, 1.54) is 0 Å². The SMILES string of the molecule is O=C(O)C(=O)C=C(O)c1ccc(S(=O)(=O)c2ccc(F)cc2)[nH]1. The summed E-state index contributed by atoms with van der Waals surface area (Å²) in [5, 5.41) is 17.8. The number of halogens is 1. The summed E-state index contributed by atoms with van der Waals surface area (Å²) in [4.78, 5) is 23.6. The van der Waals surface area contributed by atoms with Gasteiger partial charge in [0.1, 0.15) is 16.6 Å². The molecule has 9 heteroatoms. The third kappa shape index (κ3) is 3.46. The molecule has 1 aromatic carbocycles. The van der Waals surface area contributed by atoms with E-state index < -0.39 is 33.2 Å². The zero-order chi connectivity index (χ0) is 17.2. The lowest BCUT2D eigenvalue weighted by Crippen LogP contribution is -2.09. The van der Waals surface area contributed by atoms with Crippen molar-refractivity contribution in [3.63, 3.8) is 0 Å². The molecule has 2 rings (SSSR count). The number of aliphatic carboxylic acids is 1. The minimum Gasteiger partial charge on any atom is -0.506 e. The molecular weight excluding hydrogens is 329 g/mol. The molecule has 0 bridgehead atoms. The molecule has 120 valence electrons. The number of carboxylic acid groups (broad SMARTS) is 1. The van der Waals surface area contributed by atoms with Crippen molar-refractivity contribution in [2.24, 2.45) is 0 Å². The summed E-state index contributed by atoms with van der Waals surface area (Å²) < 4.78 is 37.4. The minimum absolute atomic E-state index is 0.153. The Morgan fingerprint density at radius 3 is 2.22 bits per heavy atom. The zero-order valence-corrected chi connectivity index (χ0v) is 12.2. The Hall–Kier alpha value is -2.94. The van der Waals surface area contributed by atoms with Gasteiger partial charge in [-0.2, -0.15) is 0 Å². The van der Waals surface area contributed by atoms with Crippen molar-refractivity contribution >= 4 is 27.3 Å². The average molecular weight is 339 g/mol. The summed E-state index contributed by atoms with van der Waals surface area (Å²) in [5.74, 6) is -4.44. The fourth-order valence-electron chi connectivity index (χ4n) is 1.69. The molecule has 0 spiro atoms. The summed E-state index contributed by atoms with van der Waals surface area (Å²) in [6, 6.07) is 6.42. The molecule has 0 unspecified atom stereocenters. The highest BCUT2D eigenvalue weighted by molar-refractivity contribution is 7.91. The molecule has 23 heavy (non-hydrogen) atoms. The van der Waals surface area contributed by atoms with Gasteiger partial charge in [0.25, 0.3) is 5.78 Å². The Labute approximate surface area is 129 Å². The van der Waals surface area contributed by atoms with Crippen molar-refractivity contribution in [2.75, 3.05) is 0 Å². The van der Waals surface area contributed by atoms with Crippen LogP contribution in [0.4, 0.5) is 4.39 Å². The number of benzene rings is 1. The van der Waals surface area contributed by atoms with Crippen LogP contribution in [0.25, 0.3) is 5.76 Å². The molecule has 0 aliphatic carbocycles. The Morgan fingerprint density at radius 2 is 1.65 bits per heavy atom. The number of ketones is 1. The van der Waals surface area contributed by atoms with Crippen LogP contribution in [0.5, 0.6) is 0 Å². The molecule has 0 amide bonds. The zero-order valence-electron chi connectivity index (χ0n) is 11.4. The van der Waals surface area contributed by atoms with Gasteiger partial charge in [-0.15, -0.1) is 0 Å². The molecule has 0 aliphatic rings. The highest BCUT2D eigenvalue weighted by Crippen LogP contribution is 2.22. The van der Waals surface area contributed by atoms with Gasteiger partial charge in [0.2, 0.25) is 9.84 Å². The van der Waals surface area contributed by atoms with E-state index in [-0.39, 0.29) is 15.6 Å². The Kier molecular flexibility index (Phi) is 4.32. The number of aliphatic hydroxyl groups excluding tert-OH is 1. The first-order valence-corrected chi connectivity index (χ1v) is 7.58. The van der Waals surface area contributed by atoms with Gasteiger partial charge in [-0.05, 0) is 36.4 Å². The number of carbonyl (C=O) groups excluding carboxylic acids is 1. The van der Waals surface area contributed by atoms with Crippen LogP contribution in [0.15, 0.2) is 52.4 Å². The first-order valence-electron chi connectivity index (χ1n) is 6.10. The quantitative estimate of drug-likeness (QED) is 0.328. The van der Waals surface area contributed by atoms with Crippen molar-refractivity contribution < 1.29 is 32.6 Å². The Balaban J connectivity index is 2.37. The van der Waals surface area contributed by atoms with Crippen LogP contribution < -0.4 is 0 Å². The van der Waals surface area contributed by atoms with Crippen LogP contribution in [0.2, 0.25) is 0 Å².